The highest BCUT2D eigenvalue weighted by Gasteiger charge is 2.48. The van der Waals surface area contributed by atoms with Gasteiger partial charge in [-0.3, -0.25) is 0 Å². The molecule has 2 N–H and O–H groups in total. The molecule has 0 heterocycles. The van der Waals surface area contributed by atoms with Crippen molar-refractivity contribution in [2.24, 2.45) is 29.4 Å². The van der Waals surface area contributed by atoms with Gasteiger partial charge in [0.25, 0.3) is 0 Å². The Hall–Kier alpha value is -0.730. The minimum Gasteiger partial charge on any atom is -0.330 e. The molecule has 2 heteroatoms. The summed E-state index contributed by atoms with van der Waals surface area (Å²) in [4.78, 5) is 1.03. The van der Waals surface area contributed by atoms with Gasteiger partial charge in [0.1, 0.15) is 0 Å². The summed E-state index contributed by atoms with van der Waals surface area (Å²) in [6.45, 7) is 0.657. The number of rotatable bonds is 3. The zero-order valence-corrected chi connectivity index (χ0v) is 12.8. The second-order valence-corrected chi connectivity index (χ2v) is 7.51. The van der Waals surface area contributed by atoms with E-state index in [4.69, 9.17) is 18.0 Å². The standard InChI is InChI=1S/C18H23NS/c19-6-5-18(20)14-4-1-11-9-16-12-2-3-13(7-12)17(16)10-15(11)8-14/h1,4,8,12-13,16-17H,2-3,5-7,9-10,19H2. The lowest BCUT2D eigenvalue weighted by atomic mass is 9.69. The Morgan fingerprint density at radius 1 is 1.10 bits per heavy atom. The number of thiocarbonyl (C=S) groups is 1. The average Bonchev–Trinajstić information content (AvgIpc) is 3.06. The van der Waals surface area contributed by atoms with E-state index in [1.165, 1.54) is 37.7 Å². The molecule has 0 spiro atoms. The van der Waals surface area contributed by atoms with Gasteiger partial charge >= 0.3 is 0 Å². The molecular formula is C18H23NS. The number of hydrogen-bond donors (Lipinski definition) is 1. The van der Waals surface area contributed by atoms with Crippen molar-refractivity contribution in [3.63, 3.8) is 0 Å². The molecule has 1 aromatic carbocycles. The SMILES string of the molecule is NCCC(=S)c1ccc2c(c1)CC1C3CCC(C3)C1C2. The van der Waals surface area contributed by atoms with Crippen LogP contribution in [0.5, 0.6) is 0 Å². The fraction of sp³-hybridized carbons (Fsp3) is 0.611. The Kier molecular flexibility index (Phi) is 3.19. The van der Waals surface area contributed by atoms with Crippen LogP contribution < -0.4 is 5.73 Å². The first-order chi connectivity index (χ1) is 9.76. The van der Waals surface area contributed by atoms with E-state index < -0.39 is 0 Å². The first kappa shape index (κ1) is 13.0. The molecule has 0 aliphatic heterocycles. The molecule has 2 saturated carbocycles. The Morgan fingerprint density at radius 2 is 1.80 bits per heavy atom. The summed E-state index contributed by atoms with van der Waals surface area (Å²) in [6.07, 6.45) is 7.98. The van der Waals surface area contributed by atoms with E-state index in [-0.39, 0.29) is 0 Å². The van der Waals surface area contributed by atoms with Gasteiger partial charge in [-0.05, 0) is 85.4 Å². The zero-order valence-electron chi connectivity index (χ0n) is 12.0. The molecule has 1 nitrogen and oxygen atoms in total. The van der Waals surface area contributed by atoms with Crippen LogP contribution in [0.25, 0.3) is 0 Å². The lowest BCUT2D eigenvalue weighted by Crippen LogP contribution is -2.30. The van der Waals surface area contributed by atoms with Crippen LogP contribution in [0.4, 0.5) is 0 Å². The molecule has 3 aliphatic carbocycles. The fourth-order valence-corrected chi connectivity index (χ4v) is 5.38. The van der Waals surface area contributed by atoms with Gasteiger partial charge < -0.3 is 5.73 Å². The summed E-state index contributed by atoms with van der Waals surface area (Å²) < 4.78 is 0. The van der Waals surface area contributed by atoms with Crippen LogP contribution in [0.3, 0.4) is 0 Å². The molecule has 2 bridgehead atoms. The topological polar surface area (TPSA) is 26.0 Å². The van der Waals surface area contributed by atoms with Crippen LogP contribution in [0, 0.1) is 23.7 Å². The summed E-state index contributed by atoms with van der Waals surface area (Å²) in [5.74, 6) is 4.02. The third kappa shape index (κ3) is 1.96. The van der Waals surface area contributed by atoms with Gasteiger partial charge in [-0.2, -0.15) is 0 Å². The molecule has 3 aliphatic rings. The highest BCUT2D eigenvalue weighted by Crippen LogP contribution is 2.56. The third-order valence-electron chi connectivity index (χ3n) is 6.09. The van der Waals surface area contributed by atoms with Crippen molar-refractivity contribution in [3.05, 3.63) is 34.9 Å². The Morgan fingerprint density at radius 3 is 2.50 bits per heavy atom. The van der Waals surface area contributed by atoms with Crippen molar-refractivity contribution in [1.29, 1.82) is 0 Å². The van der Waals surface area contributed by atoms with Crippen LogP contribution in [0.1, 0.15) is 42.4 Å². The molecule has 0 radical (unpaired) electrons. The minimum absolute atomic E-state index is 0.657. The van der Waals surface area contributed by atoms with E-state index in [2.05, 4.69) is 18.2 Å². The monoisotopic (exact) mass is 285 g/mol. The predicted molar refractivity (Wildman–Crippen MR) is 87.0 cm³/mol. The Balaban J connectivity index is 1.62. The number of benzene rings is 1. The van der Waals surface area contributed by atoms with E-state index in [0.29, 0.717) is 6.54 Å². The van der Waals surface area contributed by atoms with Gasteiger partial charge in [-0.1, -0.05) is 30.4 Å². The maximum atomic E-state index is 5.63. The molecule has 4 rings (SSSR count). The molecule has 4 unspecified atom stereocenters. The van der Waals surface area contributed by atoms with Crippen LogP contribution >= 0.6 is 12.2 Å². The number of fused-ring (bicyclic) bond motifs is 6. The molecule has 0 aromatic heterocycles. The maximum Gasteiger partial charge on any atom is 0.0237 e. The normalized spacial score (nSPS) is 33.9. The summed E-state index contributed by atoms with van der Waals surface area (Å²) >= 11 is 5.49. The molecule has 20 heavy (non-hydrogen) atoms. The van der Waals surface area contributed by atoms with E-state index in [9.17, 15) is 0 Å². The van der Waals surface area contributed by atoms with E-state index in [1.54, 1.807) is 11.1 Å². The second kappa shape index (κ2) is 4.92. The first-order valence-corrected chi connectivity index (χ1v) is 8.52. The number of hydrogen-bond acceptors (Lipinski definition) is 2. The van der Waals surface area contributed by atoms with E-state index in [1.807, 2.05) is 0 Å². The van der Waals surface area contributed by atoms with Crippen LogP contribution in [0.15, 0.2) is 18.2 Å². The van der Waals surface area contributed by atoms with Gasteiger partial charge in [0.05, 0.1) is 0 Å². The number of nitrogens with two attached hydrogens (primary N) is 1. The lowest BCUT2D eigenvalue weighted by Gasteiger charge is -2.36. The van der Waals surface area contributed by atoms with Gasteiger partial charge in [0.2, 0.25) is 0 Å². The molecular weight excluding hydrogens is 262 g/mol. The van der Waals surface area contributed by atoms with Crippen molar-refractivity contribution >= 4 is 17.1 Å². The molecule has 0 saturated heterocycles. The Bertz CT molecular complexity index is 550. The molecule has 0 amide bonds. The lowest BCUT2D eigenvalue weighted by molar-refractivity contribution is 0.205. The third-order valence-corrected chi connectivity index (χ3v) is 6.53. The summed E-state index contributed by atoms with van der Waals surface area (Å²) in [5.41, 5.74) is 10.0. The van der Waals surface area contributed by atoms with Gasteiger partial charge in [0, 0.05) is 4.86 Å². The Labute approximate surface area is 126 Å². The molecule has 4 atom stereocenters. The average molecular weight is 285 g/mol. The predicted octanol–water partition coefficient (Wildman–Crippen LogP) is 3.51. The van der Waals surface area contributed by atoms with Crippen LogP contribution in [-0.4, -0.2) is 11.4 Å². The van der Waals surface area contributed by atoms with Crippen LogP contribution in [-0.2, 0) is 12.8 Å². The molecule has 1 aromatic rings. The molecule has 2 fully saturated rings. The second-order valence-electron chi connectivity index (χ2n) is 7.01. The van der Waals surface area contributed by atoms with Crippen molar-refractivity contribution in [3.8, 4) is 0 Å². The zero-order chi connectivity index (χ0) is 13.7. The summed E-state index contributed by atoms with van der Waals surface area (Å²) in [5, 5.41) is 0. The van der Waals surface area contributed by atoms with E-state index >= 15 is 0 Å². The molecule has 106 valence electrons. The van der Waals surface area contributed by atoms with Crippen molar-refractivity contribution in [1.82, 2.24) is 0 Å². The smallest absolute Gasteiger partial charge is 0.0237 e. The fourth-order valence-electron chi connectivity index (χ4n) is 5.14. The van der Waals surface area contributed by atoms with Gasteiger partial charge in [-0.15, -0.1) is 0 Å². The van der Waals surface area contributed by atoms with Gasteiger partial charge in [0.15, 0.2) is 0 Å². The van der Waals surface area contributed by atoms with Gasteiger partial charge in [-0.25, -0.2) is 0 Å². The summed E-state index contributed by atoms with van der Waals surface area (Å²) in [6, 6.07) is 6.94. The highest BCUT2D eigenvalue weighted by molar-refractivity contribution is 7.80. The highest BCUT2D eigenvalue weighted by atomic mass is 32.1. The van der Waals surface area contributed by atoms with Crippen molar-refractivity contribution in [2.45, 2.75) is 38.5 Å². The largest absolute Gasteiger partial charge is 0.330 e. The first-order valence-electron chi connectivity index (χ1n) is 8.11. The van der Waals surface area contributed by atoms with Crippen molar-refractivity contribution < 1.29 is 0 Å². The summed E-state index contributed by atoms with van der Waals surface area (Å²) in [7, 11) is 0. The maximum absolute atomic E-state index is 5.63. The minimum atomic E-state index is 0.657. The quantitative estimate of drug-likeness (QED) is 0.679. The van der Waals surface area contributed by atoms with Crippen LogP contribution in [0.2, 0.25) is 0 Å². The van der Waals surface area contributed by atoms with E-state index in [0.717, 1.165) is 35.0 Å². The van der Waals surface area contributed by atoms with Crippen molar-refractivity contribution in [2.75, 3.05) is 6.54 Å².